The second-order valence-corrected chi connectivity index (χ2v) is 12.2. The summed E-state index contributed by atoms with van der Waals surface area (Å²) in [5, 5.41) is 0. The highest BCUT2D eigenvalue weighted by atomic mass is 32.2. The molecular weight excluding hydrogens is 534 g/mol. The molecule has 37 heavy (non-hydrogen) atoms. The Balaban J connectivity index is 1.44. The van der Waals surface area contributed by atoms with Crippen molar-refractivity contribution in [3.8, 4) is 11.1 Å². The SMILES string of the molecule is CS(=O)(=O)OC[C@H]1CN(c2ccc(-c3ccc(N4CCC(OS(C)(=O)=O)CC4)c(F)c3)c(F)c2)C(=O)O1. The van der Waals surface area contributed by atoms with Crippen molar-refractivity contribution >= 4 is 37.7 Å². The van der Waals surface area contributed by atoms with Crippen LogP contribution in [0.1, 0.15) is 12.8 Å². The Morgan fingerprint density at radius 3 is 2.27 bits per heavy atom. The molecule has 0 aliphatic carbocycles. The van der Waals surface area contributed by atoms with Gasteiger partial charge in [0.2, 0.25) is 0 Å². The highest BCUT2D eigenvalue weighted by Gasteiger charge is 2.33. The van der Waals surface area contributed by atoms with Gasteiger partial charge in [-0.1, -0.05) is 6.07 Å². The summed E-state index contributed by atoms with van der Waals surface area (Å²) in [6.45, 7) is 0.432. The van der Waals surface area contributed by atoms with Gasteiger partial charge in [-0.2, -0.15) is 16.8 Å². The van der Waals surface area contributed by atoms with Crippen LogP contribution in [0.15, 0.2) is 36.4 Å². The molecule has 0 bridgehead atoms. The molecule has 1 atom stereocenters. The topological polar surface area (TPSA) is 120 Å². The van der Waals surface area contributed by atoms with Gasteiger partial charge in [0.25, 0.3) is 20.2 Å². The smallest absolute Gasteiger partial charge is 0.414 e. The Bertz CT molecular complexity index is 1390. The molecule has 0 N–H and O–H groups in total. The highest BCUT2D eigenvalue weighted by molar-refractivity contribution is 7.86. The van der Waals surface area contributed by atoms with Crippen molar-refractivity contribution in [3.05, 3.63) is 48.0 Å². The van der Waals surface area contributed by atoms with Gasteiger partial charge in [-0.3, -0.25) is 13.3 Å². The van der Waals surface area contributed by atoms with Crippen LogP contribution in [0.5, 0.6) is 0 Å². The second-order valence-electron chi connectivity index (χ2n) is 8.92. The Morgan fingerprint density at radius 2 is 1.68 bits per heavy atom. The van der Waals surface area contributed by atoms with Crippen molar-refractivity contribution in [3.63, 3.8) is 0 Å². The number of piperidine rings is 1. The van der Waals surface area contributed by atoms with Gasteiger partial charge in [-0.15, -0.1) is 0 Å². The Morgan fingerprint density at radius 1 is 0.973 bits per heavy atom. The minimum atomic E-state index is -3.71. The van der Waals surface area contributed by atoms with Crippen molar-refractivity contribution < 1.29 is 43.5 Å². The van der Waals surface area contributed by atoms with Crippen LogP contribution >= 0.6 is 0 Å². The maximum absolute atomic E-state index is 15.0. The van der Waals surface area contributed by atoms with Crippen LogP contribution in [-0.2, 0) is 33.3 Å². The van der Waals surface area contributed by atoms with E-state index in [0.717, 1.165) is 23.5 Å². The summed E-state index contributed by atoms with van der Waals surface area (Å²) in [6, 6.07) is 8.36. The van der Waals surface area contributed by atoms with Gasteiger partial charge in [0, 0.05) is 18.7 Å². The van der Waals surface area contributed by atoms with Gasteiger partial charge in [-0.25, -0.2) is 13.6 Å². The van der Waals surface area contributed by atoms with E-state index in [9.17, 15) is 26.0 Å². The summed E-state index contributed by atoms with van der Waals surface area (Å²) >= 11 is 0. The number of halogens is 2. The summed E-state index contributed by atoms with van der Waals surface area (Å²) in [7, 11) is -7.27. The number of amides is 1. The van der Waals surface area contributed by atoms with E-state index in [1.165, 1.54) is 18.2 Å². The molecule has 2 aromatic carbocycles. The number of hydrogen-bond donors (Lipinski definition) is 0. The lowest BCUT2D eigenvalue weighted by molar-refractivity contribution is 0.107. The minimum Gasteiger partial charge on any atom is -0.441 e. The second kappa shape index (κ2) is 10.5. The van der Waals surface area contributed by atoms with E-state index in [1.807, 2.05) is 0 Å². The summed E-state index contributed by atoms with van der Waals surface area (Å²) in [5.74, 6) is -1.24. The maximum Gasteiger partial charge on any atom is 0.414 e. The van der Waals surface area contributed by atoms with E-state index in [1.54, 1.807) is 17.0 Å². The first kappa shape index (κ1) is 27.2. The zero-order valence-corrected chi connectivity index (χ0v) is 21.7. The molecule has 2 fully saturated rings. The Hall–Kier alpha value is -2.81. The fraction of sp³-hybridized carbons (Fsp3) is 0.435. The average molecular weight is 561 g/mol. The molecule has 0 radical (unpaired) electrons. The predicted octanol–water partition coefficient (Wildman–Crippen LogP) is 2.88. The van der Waals surface area contributed by atoms with E-state index < -0.39 is 50.2 Å². The number of ether oxygens (including phenoxy) is 1. The Kier molecular flexibility index (Phi) is 7.74. The van der Waals surface area contributed by atoms with Crippen LogP contribution in [0.4, 0.5) is 25.0 Å². The van der Waals surface area contributed by atoms with Crippen LogP contribution in [-0.4, -0.2) is 73.9 Å². The first-order valence-corrected chi connectivity index (χ1v) is 15.0. The van der Waals surface area contributed by atoms with Crippen molar-refractivity contribution in [2.75, 3.05) is 48.6 Å². The average Bonchev–Trinajstić information content (AvgIpc) is 3.17. The largest absolute Gasteiger partial charge is 0.441 e. The summed E-state index contributed by atoms with van der Waals surface area (Å²) in [6.07, 6.45) is 0.661. The molecule has 0 spiro atoms. The number of benzene rings is 2. The number of hydrogen-bond acceptors (Lipinski definition) is 9. The predicted molar refractivity (Wildman–Crippen MR) is 131 cm³/mol. The molecule has 10 nitrogen and oxygen atoms in total. The molecule has 0 saturated carbocycles. The molecule has 2 aromatic rings. The van der Waals surface area contributed by atoms with Crippen LogP contribution < -0.4 is 9.80 Å². The third kappa shape index (κ3) is 6.94. The summed E-state index contributed by atoms with van der Waals surface area (Å²) in [4.78, 5) is 15.1. The third-order valence-electron chi connectivity index (χ3n) is 5.96. The number of cyclic esters (lactones) is 1. The first-order chi connectivity index (χ1) is 17.3. The number of anilines is 2. The number of rotatable bonds is 8. The molecule has 202 valence electrons. The normalized spacial score (nSPS) is 19.4. The molecule has 4 rings (SSSR count). The van der Waals surface area contributed by atoms with E-state index >= 15 is 4.39 Å². The minimum absolute atomic E-state index is 0.0254. The lowest BCUT2D eigenvalue weighted by Gasteiger charge is -2.33. The van der Waals surface area contributed by atoms with E-state index in [-0.39, 0.29) is 24.4 Å². The van der Waals surface area contributed by atoms with E-state index in [2.05, 4.69) is 4.18 Å². The molecule has 2 aliphatic rings. The fourth-order valence-electron chi connectivity index (χ4n) is 4.30. The summed E-state index contributed by atoms with van der Waals surface area (Å²) in [5.41, 5.74) is 0.938. The molecule has 0 unspecified atom stereocenters. The lowest BCUT2D eigenvalue weighted by Crippen LogP contribution is -2.38. The van der Waals surface area contributed by atoms with Gasteiger partial charge in [0.05, 0.1) is 36.5 Å². The Labute approximate surface area is 214 Å². The summed E-state index contributed by atoms with van der Waals surface area (Å²) < 4.78 is 89.7. The van der Waals surface area contributed by atoms with Crippen LogP contribution in [0.2, 0.25) is 0 Å². The van der Waals surface area contributed by atoms with E-state index in [0.29, 0.717) is 37.2 Å². The number of carbonyl (C=O) groups is 1. The molecule has 2 heterocycles. The van der Waals surface area contributed by atoms with Crippen LogP contribution in [0, 0.1) is 11.6 Å². The van der Waals surface area contributed by atoms with E-state index in [4.69, 9.17) is 8.92 Å². The van der Waals surface area contributed by atoms with Crippen molar-refractivity contribution in [2.24, 2.45) is 0 Å². The first-order valence-electron chi connectivity index (χ1n) is 11.3. The number of carbonyl (C=O) groups excluding carboxylic acids is 1. The van der Waals surface area contributed by atoms with Gasteiger partial charge < -0.3 is 9.64 Å². The van der Waals surface area contributed by atoms with Gasteiger partial charge in [0.1, 0.15) is 24.3 Å². The molecular formula is C23H26F2N2O8S2. The number of nitrogens with zero attached hydrogens (tertiary/aromatic N) is 2. The van der Waals surface area contributed by atoms with Gasteiger partial charge in [0.15, 0.2) is 0 Å². The van der Waals surface area contributed by atoms with Gasteiger partial charge >= 0.3 is 6.09 Å². The zero-order chi connectivity index (χ0) is 27.0. The third-order valence-corrected chi connectivity index (χ3v) is 7.14. The monoisotopic (exact) mass is 560 g/mol. The molecule has 0 aromatic heterocycles. The zero-order valence-electron chi connectivity index (χ0n) is 20.1. The quantitative estimate of drug-likeness (QED) is 0.449. The lowest BCUT2D eigenvalue weighted by atomic mass is 10.0. The standard InChI is InChI=1S/C23H26F2N2O8S2/c1-36(29,30)33-14-18-13-27(23(28)34-18)16-4-5-19(20(24)12-16)15-3-6-22(21(25)11-15)26-9-7-17(8-10-26)35-37(2,31)32/h3-6,11-12,17-18H,7-10,13-14H2,1-2H3/t18-/m1/s1. The van der Waals surface area contributed by atoms with Crippen molar-refractivity contribution in [1.82, 2.24) is 0 Å². The fourth-order valence-corrected chi connectivity index (χ4v) is 5.38. The van der Waals surface area contributed by atoms with Crippen molar-refractivity contribution in [2.45, 2.75) is 25.0 Å². The van der Waals surface area contributed by atoms with Crippen LogP contribution in [0.25, 0.3) is 11.1 Å². The molecule has 2 aliphatic heterocycles. The highest BCUT2D eigenvalue weighted by Crippen LogP contribution is 2.33. The van der Waals surface area contributed by atoms with Crippen molar-refractivity contribution in [1.29, 1.82) is 0 Å². The molecule has 14 heteroatoms. The van der Waals surface area contributed by atoms with Crippen LogP contribution in [0.3, 0.4) is 0 Å². The molecule has 1 amide bonds. The molecule has 2 saturated heterocycles. The maximum atomic E-state index is 15.0. The van der Waals surface area contributed by atoms with Gasteiger partial charge in [-0.05, 0) is 48.7 Å².